The van der Waals surface area contributed by atoms with Gasteiger partial charge in [-0.15, -0.1) is 11.3 Å². The second kappa shape index (κ2) is 7.73. The molecule has 0 spiro atoms. The van der Waals surface area contributed by atoms with E-state index in [0.717, 1.165) is 44.1 Å². The van der Waals surface area contributed by atoms with Crippen molar-refractivity contribution >= 4 is 33.8 Å². The highest BCUT2D eigenvalue weighted by atomic mass is 32.1. The van der Waals surface area contributed by atoms with E-state index < -0.39 is 0 Å². The molecule has 0 unspecified atom stereocenters. The number of fused-ring (bicyclic) bond motifs is 1. The van der Waals surface area contributed by atoms with Crippen LogP contribution in [0.5, 0.6) is 5.75 Å². The summed E-state index contributed by atoms with van der Waals surface area (Å²) in [6.45, 7) is 4.61. The van der Waals surface area contributed by atoms with Crippen molar-refractivity contribution in [1.82, 2.24) is 9.55 Å². The number of benzene rings is 2. The number of aromatic nitrogens is 2. The van der Waals surface area contributed by atoms with Gasteiger partial charge < -0.3 is 9.72 Å². The number of hydrogen-bond acceptors (Lipinski definition) is 4. The van der Waals surface area contributed by atoms with Crippen LogP contribution in [0.3, 0.4) is 0 Å². The molecule has 0 fully saturated rings. The third-order valence-corrected chi connectivity index (χ3v) is 6.09. The number of aryl methyl sites for hydroxylation is 2. The Labute approximate surface area is 172 Å². The molecule has 0 aliphatic heterocycles. The van der Waals surface area contributed by atoms with Gasteiger partial charge in [-0.1, -0.05) is 37.3 Å². The zero-order chi connectivity index (χ0) is 19.7. The smallest absolute Gasteiger partial charge is 0.267 e. The van der Waals surface area contributed by atoms with E-state index >= 15 is 0 Å². The van der Waals surface area contributed by atoms with Crippen molar-refractivity contribution in [2.24, 2.45) is 0 Å². The maximum absolute atomic E-state index is 13.2. The lowest BCUT2D eigenvalue weighted by molar-refractivity contribution is 0.306. The van der Waals surface area contributed by atoms with Crippen molar-refractivity contribution in [3.8, 4) is 11.4 Å². The Morgan fingerprint density at radius 2 is 1.82 bits per heavy atom. The number of hydrogen-bond donors (Lipinski definition) is 1. The van der Waals surface area contributed by atoms with Gasteiger partial charge in [0.05, 0.1) is 11.1 Å². The molecular formula is C22H20N2O2S2. The highest BCUT2D eigenvalue weighted by Gasteiger charge is 2.15. The summed E-state index contributed by atoms with van der Waals surface area (Å²) in [6.07, 6.45) is 0.817. The van der Waals surface area contributed by atoms with E-state index in [-0.39, 0.29) is 5.56 Å². The summed E-state index contributed by atoms with van der Waals surface area (Å²) in [6, 6.07) is 17.5. The second-order valence-corrected chi connectivity index (χ2v) is 8.14. The largest absolute Gasteiger partial charge is 0.489 e. The molecule has 0 atom stereocenters. The van der Waals surface area contributed by atoms with Crippen LogP contribution in [0.1, 0.15) is 22.9 Å². The average Bonchev–Trinajstić information content (AvgIpc) is 3.03. The van der Waals surface area contributed by atoms with Crippen LogP contribution in [-0.2, 0) is 13.0 Å². The molecule has 4 aromatic rings. The fourth-order valence-corrected chi connectivity index (χ4v) is 4.83. The molecule has 4 nitrogen and oxygen atoms in total. The standard InChI is InChI=1S/C22H20N2O2S2/c1-3-18-14(2)28-20-19(18)21(25)24(22(27)23-20)16-9-11-17(12-10-16)26-13-15-7-5-4-6-8-15/h4-12H,3,13H2,1-2H3,(H,23,27). The van der Waals surface area contributed by atoms with Crippen molar-refractivity contribution in [2.75, 3.05) is 0 Å². The molecule has 2 aromatic carbocycles. The third kappa shape index (κ3) is 3.41. The van der Waals surface area contributed by atoms with Crippen LogP contribution in [0, 0.1) is 11.7 Å². The van der Waals surface area contributed by atoms with Crippen LogP contribution in [0.15, 0.2) is 59.4 Å². The molecule has 142 valence electrons. The fourth-order valence-electron chi connectivity index (χ4n) is 3.34. The number of thiophene rings is 1. The Morgan fingerprint density at radius 3 is 2.50 bits per heavy atom. The first-order valence-corrected chi connectivity index (χ1v) is 10.4. The van der Waals surface area contributed by atoms with Gasteiger partial charge in [0, 0.05) is 4.88 Å². The van der Waals surface area contributed by atoms with Crippen molar-refractivity contribution in [2.45, 2.75) is 26.9 Å². The lowest BCUT2D eigenvalue weighted by atomic mass is 10.1. The Hall–Kier alpha value is -2.70. The Balaban J connectivity index is 1.68. The van der Waals surface area contributed by atoms with Gasteiger partial charge in [-0.3, -0.25) is 9.36 Å². The van der Waals surface area contributed by atoms with Crippen molar-refractivity contribution < 1.29 is 4.74 Å². The maximum Gasteiger partial charge on any atom is 0.267 e. The maximum atomic E-state index is 13.2. The normalized spacial score (nSPS) is 11.1. The minimum atomic E-state index is -0.0714. The number of ether oxygens (including phenoxy) is 1. The molecule has 0 saturated heterocycles. The van der Waals surface area contributed by atoms with E-state index in [1.54, 1.807) is 15.9 Å². The van der Waals surface area contributed by atoms with Crippen LogP contribution < -0.4 is 10.3 Å². The first kappa shape index (κ1) is 18.7. The summed E-state index contributed by atoms with van der Waals surface area (Å²) in [5.74, 6) is 0.747. The molecule has 1 N–H and O–H groups in total. The molecule has 0 aliphatic rings. The van der Waals surface area contributed by atoms with Gasteiger partial charge in [0.15, 0.2) is 4.77 Å². The minimum Gasteiger partial charge on any atom is -0.489 e. The molecule has 2 heterocycles. The first-order chi connectivity index (χ1) is 13.6. The van der Waals surface area contributed by atoms with Gasteiger partial charge in [-0.05, 0) is 61.0 Å². The van der Waals surface area contributed by atoms with Crippen LogP contribution in [0.2, 0.25) is 0 Å². The third-order valence-electron chi connectivity index (χ3n) is 4.75. The molecule has 6 heteroatoms. The van der Waals surface area contributed by atoms with E-state index in [1.807, 2.05) is 61.5 Å². The Kier molecular flexibility index (Phi) is 5.15. The lowest BCUT2D eigenvalue weighted by Crippen LogP contribution is -2.20. The summed E-state index contributed by atoms with van der Waals surface area (Å²) < 4.78 is 7.80. The van der Waals surface area contributed by atoms with Crippen LogP contribution in [0.4, 0.5) is 0 Å². The molecular weight excluding hydrogens is 388 g/mol. The quantitative estimate of drug-likeness (QED) is 0.440. The van der Waals surface area contributed by atoms with E-state index in [0.29, 0.717) is 11.4 Å². The molecule has 0 amide bonds. The summed E-state index contributed by atoms with van der Waals surface area (Å²) in [4.78, 5) is 18.4. The molecule has 0 bridgehead atoms. The second-order valence-electron chi connectivity index (χ2n) is 6.53. The van der Waals surface area contributed by atoms with Gasteiger partial charge >= 0.3 is 0 Å². The predicted octanol–water partition coefficient (Wildman–Crippen LogP) is 5.56. The van der Waals surface area contributed by atoms with Gasteiger partial charge in [-0.25, -0.2) is 0 Å². The molecule has 0 radical (unpaired) electrons. The average molecular weight is 409 g/mol. The summed E-state index contributed by atoms with van der Waals surface area (Å²) in [5.41, 5.74) is 2.85. The van der Waals surface area contributed by atoms with Crippen molar-refractivity contribution in [1.29, 1.82) is 0 Å². The predicted molar refractivity (Wildman–Crippen MR) is 117 cm³/mol. The van der Waals surface area contributed by atoms with E-state index in [9.17, 15) is 4.79 Å². The highest BCUT2D eigenvalue weighted by molar-refractivity contribution is 7.71. The highest BCUT2D eigenvalue weighted by Crippen LogP contribution is 2.28. The van der Waals surface area contributed by atoms with E-state index in [4.69, 9.17) is 17.0 Å². The molecule has 28 heavy (non-hydrogen) atoms. The zero-order valence-electron chi connectivity index (χ0n) is 15.7. The minimum absolute atomic E-state index is 0.0714. The number of nitrogens with one attached hydrogen (secondary N) is 1. The Morgan fingerprint density at radius 1 is 1.11 bits per heavy atom. The molecule has 0 saturated carbocycles. The SMILES string of the molecule is CCc1c(C)sc2[nH]c(=S)n(-c3ccc(OCc4ccccc4)cc3)c(=O)c12. The van der Waals surface area contributed by atoms with Crippen LogP contribution >= 0.6 is 23.6 Å². The van der Waals surface area contributed by atoms with Crippen LogP contribution in [0.25, 0.3) is 15.9 Å². The molecule has 2 aromatic heterocycles. The van der Waals surface area contributed by atoms with Gasteiger partial charge in [-0.2, -0.15) is 0 Å². The zero-order valence-corrected chi connectivity index (χ0v) is 17.3. The molecule has 4 rings (SSSR count). The Bertz CT molecular complexity index is 1240. The van der Waals surface area contributed by atoms with Crippen molar-refractivity contribution in [3.05, 3.63) is 85.7 Å². The van der Waals surface area contributed by atoms with Gasteiger partial charge in [0.2, 0.25) is 0 Å². The summed E-state index contributed by atoms with van der Waals surface area (Å²) in [7, 11) is 0. The lowest BCUT2D eigenvalue weighted by Gasteiger charge is -2.10. The number of aromatic amines is 1. The van der Waals surface area contributed by atoms with Crippen LogP contribution in [-0.4, -0.2) is 9.55 Å². The number of nitrogens with zero attached hydrogens (tertiary/aromatic N) is 1. The topological polar surface area (TPSA) is 47.0 Å². The summed E-state index contributed by atoms with van der Waals surface area (Å²) >= 11 is 7.06. The number of rotatable bonds is 5. The van der Waals surface area contributed by atoms with Gasteiger partial charge in [0.1, 0.15) is 17.2 Å². The summed E-state index contributed by atoms with van der Waals surface area (Å²) in [5, 5.41) is 0.739. The monoisotopic (exact) mass is 408 g/mol. The van der Waals surface area contributed by atoms with E-state index in [2.05, 4.69) is 11.9 Å². The first-order valence-electron chi connectivity index (χ1n) is 9.13. The number of H-pyrrole nitrogens is 1. The fraction of sp³-hybridized carbons (Fsp3) is 0.182. The van der Waals surface area contributed by atoms with Gasteiger partial charge in [0.25, 0.3) is 5.56 Å². The molecule has 0 aliphatic carbocycles. The van der Waals surface area contributed by atoms with E-state index in [1.165, 1.54) is 0 Å². The van der Waals surface area contributed by atoms with Crippen molar-refractivity contribution in [3.63, 3.8) is 0 Å².